The molecule has 0 aromatic carbocycles. The molecule has 0 N–H and O–H groups in total. The zero-order valence-electron chi connectivity index (χ0n) is 23.1. The summed E-state index contributed by atoms with van der Waals surface area (Å²) in [6.45, 7) is 18.5. The molecule has 0 aromatic rings. The first-order valence-corrected chi connectivity index (χ1v) is 13.6. The topological polar surface area (TPSA) is 52.6 Å². The number of esters is 1. The molecule has 4 rings (SSSR count). The molecule has 5 heteroatoms. The standard InChI is InChI=1S/C27H40O4.C3H8.V/c1-15(2)23(28)8-7-17-9-20-13-22(17)25-19-10-18(24(20)25)11-21(12-19)26(29)31-16(3)30-14-27(4,5)6;1-3-2;/h7-8,16-22,24-25H,1,9-14H2,2-6H3;3H2,1-2H3;/b8-7-;;. The minimum absolute atomic E-state index is 0. The molecule has 0 aliphatic heterocycles. The van der Waals surface area contributed by atoms with E-state index >= 15 is 0 Å². The molecule has 4 fully saturated rings. The Morgan fingerprint density at radius 3 is 2.14 bits per heavy atom. The Morgan fingerprint density at radius 2 is 1.57 bits per heavy atom. The van der Waals surface area contributed by atoms with Gasteiger partial charge in [-0.25, -0.2) is 0 Å². The van der Waals surface area contributed by atoms with Crippen molar-refractivity contribution in [2.45, 2.75) is 93.3 Å². The van der Waals surface area contributed by atoms with E-state index in [1.807, 2.05) is 6.92 Å². The summed E-state index contributed by atoms with van der Waals surface area (Å²) in [5.74, 6) is 4.79. The third kappa shape index (κ3) is 7.36. The summed E-state index contributed by atoms with van der Waals surface area (Å²) in [6, 6.07) is 0. The molecule has 9 unspecified atom stereocenters. The van der Waals surface area contributed by atoms with E-state index in [-0.39, 0.29) is 41.6 Å². The number of hydrogen-bond acceptors (Lipinski definition) is 4. The van der Waals surface area contributed by atoms with Gasteiger partial charge >= 0.3 is 5.97 Å². The zero-order chi connectivity index (χ0) is 25.2. The minimum atomic E-state index is -0.484. The monoisotopic (exact) mass is 523 g/mol. The normalized spacial score (nSPS) is 35.5. The van der Waals surface area contributed by atoms with Gasteiger partial charge in [0.2, 0.25) is 0 Å². The number of carbonyl (C=O) groups excluding carboxylic acids is 2. The van der Waals surface area contributed by atoms with Gasteiger partial charge in [0.1, 0.15) is 0 Å². The molecular formula is C30H48O4V. The third-order valence-electron chi connectivity index (χ3n) is 8.33. The van der Waals surface area contributed by atoms with Gasteiger partial charge in [0.05, 0.1) is 12.5 Å². The molecule has 0 aromatic heterocycles. The van der Waals surface area contributed by atoms with Crippen LogP contribution in [0.2, 0.25) is 0 Å². The smallest absolute Gasteiger partial charge is 0.311 e. The Bertz CT molecular complexity index is 782. The summed E-state index contributed by atoms with van der Waals surface area (Å²) in [5, 5.41) is 0. The van der Waals surface area contributed by atoms with Crippen LogP contribution in [0.1, 0.15) is 87.0 Å². The van der Waals surface area contributed by atoms with Gasteiger partial charge in [0.15, 0.2) is 12.1 Å². The molecule has 0 heterocycles. The molecule has 4 bridgehead atoms. The second kappa shape index (κ2) is 12.6. The molecule has 0 saturated heterocycles. The van der Waals surface area contributed by atoms with Crippen molar-refractivity contribution in [3.05, 3.63) is 24.3 Å². The van der Waals surface area contributed by atoms with Gasteiger partial charge in [0.25, 0.3) is 0 Å². The van der Waals surface area contributed by atoms with E-state index in [4.69, 9.17) is 9.47 Å². The van der Waals surface area contributed by atoms with E-state index in [0.29, 0.717) is 35.9 Å². The first-order valence-electron chi connectivity index (χ1n) is 13.6. The van der Waals surface area contributed by atoms with E-state index in [9.17, 15) is 9.59 Å². The molecule has 4 saturated carbocycles. The van der Waals surface area contributed by atoms with Crippen molar-refractivity contribution in [3.63, 3.8) is 0 Å². The number of rotatable bonds is 7. The van der Waals surface area contributed by atoms with Crippen LogP contribution in [-0.4, -0.2) is 24.6 Å². The van der Waals surface area contributed by atoms with Crippen LogP contribution in [0.15, 0.2) is 24.3 Å². The number of allylic oxidation sites excluding steroid dienone is 3. The fourth-order valence-electron chi connectivity index (χ4n) is 7.33. The van der Waals surface area contributed by atoms with Gasteiger partial charge in [-0.3, -0.25) is 9.59 Å². The largest absolute Gasteiger partial charge is 0.436 e. The van der Waals surface area contributed by atoms with Crippen LogP contribution in [0.3, 0.4) is 0 Å². The van der Waals surface area contributed by atoms with Gasteiger partial charge in [-0.1, -0.05) is 53.7 Å². The second-order valence-corrected chi connectivity index (χ2v) is 12.7. The predicted molar refractivity (Wildman–Crippen MR) is 137 cm³/mol. The number of ether oxygens (including phenoxy) is 2. The van der Waals surface area contributed by atoms with Gasteiger partial charge in [-0.2, -0.15) is 0 Å². The van der Waals surface area contributed by atoms with E-state index in [2.05, 4.69) is 47.3 Å². The van der Waals surface area contributed by atoms with Crippen molar-refractivity contribution < 1.29 is 37.6 Å². The Balaban J connectivity index is 0.00000103. The van der Waals surface area contributed by atoms with Crippen LogP contribution in [0.5, 0.6) is 0 Å². The van der Waals surface area contributed by atoms with Gasteiger partial charge in [0, 0.05) is 18.6 Å². The fraction of sp³-hybridized carbons (Fsp3) is 0.800. The first kappa shape index (κ1) is 30.4. The number of hydrogen-bond donors (Lipinski definition) is 0. The molecule has 0 spiro atoms. The third-order valence-corrected chi connectivity index (χ3v) is 8.33. The molecule has 35 heavy (non-hydrogen) atoms. The SMILES string of the molecule is C=C(C)C(=O)/C=C\C1CC2CC1C1C3CC(C(=O)OC(C)OCC(C)(C)C)CC(C3)C21.CCC.[V]. The summed E-state index contributed by atoms with van der Waals surface area (Å²) >= 11 is 0. The maximum absolute atomic E-state index is 12.9. The quantitative estimate of drug-likeness (QED) is 0.156. The summed E-state index contributed by atoms with van der Waals surface area (Å²) in [4.78, 5) is 24.9. The van der Waals surface area contributed by atoms with Crippen LogP contribution >= 0.6 is 0 Å². The maximum atomic E-state index is 12.9. The summed E-state index contributed by atoms with van der Waals surface area (Å²) in [6.07, 6.45) is 10.4. The second-order valence-electron chi connectivity index (χ2n) is 12.7. The van der Waals surface area contributed by atoms with Crippen molar-refractivity contribution in [2.24, 2.45) is 52.8 Å². The Morgan fingerprint density at radius 1 is 1.00 bits per heavy atom. The Labute approximate surface area is 225 Å². The summed E-state index contributed by atoms with van der Waals surface area (Å²) in [5.41, 5.74) is 0.664. The van der Waals surface area contributed by atoms with Crippen LogP contribution in [0, 0.1) is 52.8 Å². The Kier molecular flexibility index (Phi) is 10.9. The van der Waals surface area contributed by atoms with E-state index in [1.165, 1.54) is 25.7 Å². The fourth-order valence-corrected chi connectivity index (χ4v) is 7.33. The molecule has 1 radical (unpaired) electrons. The van der Waals surface area contributed by atoms with E-state index in [0.717, 1.165) is 30.6 Å². The summed E-state index contributed by atoms with van der Waals surface area (Å²) < 4.78 is 11.4. The molecule has 4 nitrogen and oxygen atoms in total. The predicted octanol–water partition coefficient (Wildman–Crippen LogP) is 6.99. The van der Waals surface area contributed by atoms with Gasteiger partial charge in [-0.15, -0.1) is 0 Å². The molecule has 4 aliphatic carbocycles. The molecule has 197 valence electrons. The van der Waals surface area contributed by atoms with Crippen molar-refractivity contribution >= 4 is 11.8 Å². The molecule has 9 atom stereocenters. The van der Waals surface area contributed by atoms with Crippen LogP contribution < -0.4 is 0 Å². The Hall–Kier alpha value is -0.836. The molecule has 0 amide bonds. The average Bonchev–Trinajstić information content (AvgIpc) is 3.41. The van der Waals surface area contributed by atoms with E-state index < -0.39 is 6.29 Å². The summed E-state index contributed by atoms with van der Waals surface area (Å²) in [7, 11) is 0. The van der Waals surface area contributed by atoms with Crippen molar-refractivity contribution in [1.29, 1.82) is 0 Å². The average molecular weight is 524 g/mol. The zero-order valence-corrected chi connectivity index (χ0v) is 24.5. The number of carbonyl (C=O) groups is 2. The number of fused-ring (bicyclic) bond motifs is 9. The van der Waals surface area contributed by atoms with Gasteiger partial charge < -0.3 is 9.47 Å². The minimum Gasteiger partial charge on any atom is -0.436 e. The first-order chi connectivity index (χ1) is 15.9. The van der Waals surface area contributed by atoms with Crippen molar-refractivity contribution in [2.75, 3.05) is 6.61 Å². The molecular weight excluding hydrogens is 475 g/mol. The van der Waals surface area contributed by atoms with Crippen molar-refractivity contribution in [3.8, 4) is 0 Å². The molecule has 4 aliphatic rings. The van der Waals surface area contributed by atoms with Crippen molar-refractivity contribution in [1.82, 2.24) is 0 Å². The van der Waals surface area contributed by atoms with Gasteiger partial charge in [-0.05, 0) is 104 Å². The van der Waals surface area contributed by atoms with Crippen LogP contribution in [0.4, 0.5) is 0 Å². The van der Waals surface area contributed by atoms with Crippen LogP contribution in [0.25, 0.3) is 0 Å². The maximum Gasteiger partial charge on any atom is 0.311 e. The van der Waals surface area contributed by atoms with Crippen LogP contribution in [-0.2, 0) is 37.6 Å². The number of ketones is 1. The van der Waals surface area contributed by atoms with E-state index in [1.54, 1.807) is 13.0 Å².